The lowest BCUT2D eigenvalue weighted by atomic mass is 9.89. The molecule has 1 aliphatic rings. The maximum Gasteiger partial charge on any atom is 0.425 e. The molecule has 2 rings (SSSR count). The summed E-state index contributed by atoms with van der Waals surface area (Å²) in [5.74, 6) is -3.15. The highest BCUT2D eigenvalue weighted by molar-refractivity contribution is 6.10. The smallest absolute Gasteiger partial charge is 0.425 e. The van der Waals surface area contributed by atoms with Gasteiger partial charge in [0.2, 0.25) is 11.5 Å². The van der Waals surface area contributed by atoms with Crippen LogP contribution >= 0.6 is 0 Å². The molecular formula is C14H15F3N4O3. The standard InChI is InChI=1S/C14H15F3N4O3/c1-6-5-7(2)19-12(18-6)21-13(14(15,16)17)9(10(22)24-4)8(3)20-11(13)23/h5H,1-4H3,(H,20,23)(H,18,19,21)/t13-/m0/s1. The number of aromatic nitrogens is 2. The van der Waals surface area contributed by atoms with Crippen LogP contribution in [0.4, 0.5) is 19.1 Å². The number of halogens is 3. The highest BCUT2D eigenvalue weighted by atomic mass is 19.4. The molecule has 2 heterocycles. The number of allylic oxidation sites excluding steroid dienone is 1. The van der Waals surface area contributed by atoms with Gasteiger partial charge in [-0.3, -0.25) is 4.79 Å². The Labute approximate surface area is 135 Å². The number of hydrogen-bond donors (Lipinski definition) is 2. The quantitative estimate of drug-likeness (QED) is 0.805. The molecule has 0 radical (unpaired) electrons. The molecular weight excluding hydrogens is 329 g/mol. The van der Waals surface area contributed by atoms with Gasteiger partial charge in [0.25, 0.3) is 5.91 Å². The summed E-state index contributed by atoms with van der Waals surface area (Å²) in [5, 5.41) is 4.03. The molecule has 1 aromatic rings. The van der Waals surface area contributed by atoms with Crippen molar-refractivity contribution in [2.75, 3.05) is 12.4 Å². The Morgan fingerprint density at radius 2 is 1.79 bits per heavy atom. The first-order valence-electron chi connectivity index (χ1n) is 6.81. The summed E-state index contributed by atoms with van der Waals surface area (Å²) >= 11 is 0. The summed E-state index contributed by atoms with van der Waals surface area (Å²) < 4.78 is 46.0. The van der Waals surface area contributed by atoms with Crippen molar-refractivity contribution in [3.05, 3.63) is 28.7 Å². The van der Waals surface area contributed by atoms with E-state index in [9.17, 15) is 22.8 Å². The van der Waals surface area contributed by atoms with Crippen LogP contribution in [0.15, 0.2) is 17.3 Å². The van der Waals surface area contributed by atoms with Gasteiger partial charge < -0.3 is 15.4 Å². The maximum absolute atomic E-state index is 13.9. The van der Waals surface area contributed by atoms with Crippen LogP contribution in [0.2, 0.25) is 0 Å². The number of alkyl halides is 3. The SMILES string of the molecule is COC(=O)C1=C(C)NC(=O)[C@]1(Nc1nc(C)cc(C)n1)C(F)(F)F. The molecule has 1 atom stereocenters. The summed E-state index contributed by atoms with van der Waals surface area (Å²) in [6.07, 6.45) is -5.14. The van der Waals surface area contributed by atoms with E-state index in [0.29, 0.717) is 11.4 Å². The first kappa shape index (κ1) is 17.7. The minimum absolute atomic E-state index is 0.249. The van der Waals surface area contributed by atoms with Crippen LogP contribution in [-0.2, 0) is 14.3 Å². The molecule has 1 aromatic heterocycles. The highest BCUT2D eigenvalue weighted by Crippen LogP contribution is 2.43. The highest BCUT2D eigenvalue weighted by Gasteiger charge is 2.68. The van der Waals surface area contributed by atoms with Gasteiger partial charge in [-0.25, -0.2) is 14.8 Å². The predicted molar refractivity (Wildman–Crippen MR) is 76.8 cm³/mol. The fraction of sp³-hybridized carbons (Fsp3) is 0.429. The summed E-state index contributed by atoms with van der Waals surface area (Å²) in [5.41, 5.74) is -3.64. The Morgan fingerprint density at radius 3 is 2.25 bits per heavy atom. The van der Waals surface area contributed by atoms with E-state index in [4.69, 9.17) is 0 Å². The fourth-order valence-electron chi connectivity index (χ4n) is 2.54. The normalized spacial score (nSPS) is 20.9. The van der Waals surface area contributed by atoms with E-state index < -0.39 is 35.1 Å². The van der Waals surface area contributed by atoms with Gasteiger partial charge in [-0.2, -0.15) is 13.2 Å². The molecule has 0 spiro atoms. The van der Waals surface area contributed by atoms with E-state index in [0.717, 1.165) is 7.11 Å². The minimum Gasteiger partial charge on any atom is -0.466 e. The molecule has 130 valence electrons. The third-order valence-electron chi connectivity index (χ3n) is 3.49. The Morgan fingerprint density at radius 1 is 1.25 bits per heavy atom. The lowest BCUT2D eigenvalue weighted by molar-refractivity contribution is -0.179. The number of esters is 1. The van der Waals surface area contributed by atoms with Gasteiger partial charge in [-0.1, -0.05) is 0 Å². The molecule has 10 heteroatoms. The van der Waals surface area contributed by atoms with Crippen LogP contribution in [0.1, 0.15) is 18.3 Å². The van der Waals surface area contributed by atoms with Gasteiger partial charge in [-0.05, 0) is 26.8 Å². The number of ether oxygens (including phenoxy) is 1. The van der Waals surface area contributed by atoms with Gasteiger partial charge in [0.05, 0.1) is 7.11 Å². The van der Waals surface area contributed by atoms with Gasteiger partial charge in [-0.15, -0.1) is 0 Å². The molecule has 24 heavy (non-hydrogen) atoms. The number of hydrogen-bond acceptors (Lipinski definition) is 6. The van der Waals surface area contributed by atoms with Crippen molar-refractivity contribution >= 4 is 17.8 Å². The summed E-state index contributed by atoms with van der Waals surface area (Å²) in [7, 11) is 0.930. The molecule has 0 saturated heterocycles. The number of carbonyl (C=O) groups is 2. The first-order chi connectivity index (χ1) is 11.0. The van der Waals surface area contributed by atoms with Crippen molar-refractivity contribution in [3.8, 4) is 0 Å². The van der Waals surface area contributed by atoms with E-state index in [1.165, 1.54) is 6.92 Å². The number of aryl methyl sites for hydroxylation is 2. The molecule has 1 amide bonds. The van der Waals surface area contributed by atoms with Crippen molar-refractivity contribution in [1.82, 2.24) is 15.3 Å². The van der Waals surface area contributed by atoms with E-state index in [-0.39, 0.29) is 5.70 Å². The summed E-state index contributed by atoms with van der Waals surface area (Å²) in [6.45, 7) is 4.32. The molecule has 0 fully saturated rings. The van der Waals surface area contributed by atoms with E-state index >= 15 is 0 Å². The van der Waals surface area contributed by atoms with Crippen molar-refractivity contribution in [1.29, 1.82) is 0 Å². The number of anilines is 1. The lowest BCUT2D eigenvalue weighted by Gasteiger charge is -2.31. The minimum atomic E-state index is -5.14. The van der Waals surface area contributed by atoms with E-state index in [2.05, 4.69) is 14.7 Å². The zero-order valence-electron chi connectivity index (χ0n) is 13.3. The second-order valence-corrected chi connectivity index (χ2v) is 5.29. The number of nitrogens with zero attached hydrogens (tertiary/aromatic N) is 2. The average Bonchev–Trinajstić information content (AvgIpc) is 2.68. The van der Waals surface area contributed by atoms with Crippen molar-refractivity contribution < 1.29 is 27.5 Å². The van der Waals surface area contributed by atoms with Gasteiger partial charge in [0, 0.05) is 17.1 Å². The number of amides is 1. The summed E-state index contributed by atoms with van der Waals surface area (Å²) in [4.78, 5) is 31.8. The maximum atomic E-state index is 13.9. The van der Waals surface area contributed by atoms with Gasteiger partial charge in [0.15, 0.2) is 0 Å². The molecule has 0 bridgehead atoms. The Hall–Kier alpha value is -2.65. The van der Waals surface area contributed by atoms with Gasteiger partial charge in [0.1, 0.15) is 5.57 Å². The number of rotatable bonds is 3. The third-order valence-corrected chi connectivity index (χ3v) is 3.49. The van der Waals surface area contributed by atoms with E-state index in [1.807, 2.05) is 10.6 Å². The summed E-state index contributed by atoms with van der Waals surface area (Å²) in [6, 6.07) is 1.56. The molecule has 7 nitrogen and oxygen atoms in total. The average molecular weight is 344 g/mol. The van der Waals surface area contributed by atoms with Crippen LogP contribution < -0.4 is 10.6 Å². The zero-order valence-corrected chi connectivity index (χ0v) is 13.3. The zero-order chi connectivity index (χ0) is 18.3. The molecule has 0 unspecified atom stereocenters. The second-order valence-electron chi connectivity index (χ2n) is 5.29. The topological polar surface area (TPSA) is 93.2 Å². The van der Waals surface area contributed by atoms with Crippen LogP contribution in [0.5, 0.6) is 0 Å². The lowest BCUT2D eigenvalue weighted by Crippen LogP contribution is -2.60. The molecule has 0 aliphatic carbocycles. The second kappa shape index (κ2) is 5.77. The van der Waals surface area contributed by atoms with E-state index in [1.54, 1.807) is 19.9 Å². The monoisotopic (exact) mass is 344 g/mol. The molecule has 2 N–H and O–H groups in total. The van der Waals surface area contributed by atoms with Crippen LogP contribution in [0.3, 0.4) is 0 Å². The molecule has 0 aromatic carbocycles. The number of methoxy groups -OCH3 is 1. The van der Waals surface area contributed by atoms with Crippen molar-refractivity contribution in [2.24, 2.45) is 0 Å². The van der Waals surface area contributed by atoms with Crippen LogP contribution in [0, 0.1) is 13.8 Å². The van der Waals surface area contributed by atoms with Crippen molar-refractivity contribution in [2.45, 2.75) is 32.5 Å². The fourth-order valence-corrected chi connectivity index (χ4v) is 2.54. The molecule has 0 saturated carbocycles. The number of carbonyl (C=O) groups excluding carboxylic acids is 2. The van der Waals surface area contributed by atoms with Crippen molar-refractivity contribution in [3.63, 3.8) is 0 Å². The number of nitrogens with one attached hydrogen (secondary N) is 2. The molecule has 1 aliphatic heterocycles. The first-order valence-corrected chi connectivity index (χ1v) is 6.81. The predicted octanol–water partition coefficient (Wildman–Crippen LogP) is 1.38. The van der Waals surface area contributed by atoms with Gasteiger partial charge >= 0.3 is 12.1 Å². The third kappa shape index (κ3) is 2.68. The Balaban J connectivity index is 2.67. The Bertz CT molecular complexity index is 725. The Kier molecular flexibility index (Phi) is 4.25. The van der Waals surface area contributed by atoms with Crippen LogP contribution in [0.25, 0.3) is 0 Å². The largest absolute Gasteiger partial charge is 0.466 e. The van der Waals surface area contributed by atoms with Crippen LogP contribution in [-0.4, -0.2) is 40.7 Å².